The van der Waals surface area contributed by atoms with Gasteiger partial charge in [0.15, 0.2) is 0 Å². The first-order valence-electron chi connectivity index (χ1n) is 4.20. The zero-order valence-electron chi connectivity index (χ0n) is 7.35. The van der Waals surface area contributed by atoms with Crippen LogP contribution < -0.4 is 5.32 Å². The molecular formula is C8H16BrNO2. The number of aliphatic hydroxyl groups excluding tert-OH is 1. The summed E-state index contributed by atoms with van der Waals surface area (Å²) in [4.78, 5) is 11.1. The molecule has 0 aromatic carbocycles. The van der Waals surface area contributed by atoms with Gasteiger partial charge in [0.05, 0.1) is 0 Å². The fraction of sp³-hybridized carbons (Fsp3) is 0.875. The van der Waals surface area contributed by atoms with E-state index < -0.39 is 0 Å². The summed E-state index contributed by atoms with van der Waals surface area (Å²) >= 11 is 3.19. The number of alkyl halides is 1. The van der Waals surface area contributed by atoms with Gasteiger partial charge in [-0.3, -0.25) is 4.79 Å². The molecule has 0 spiro atoms. The van der Waals surface area contributed by atoms with E-state index in [-0.39, 0.29) is 18.6 Å². The Balaban J connectivity index is 3.61. The predicted molar refractivity (Wildman–Crippen MR) is 52.3 cm³/mol. The molecule has 0 aliphatic heterocycles. The Morgan fingerprint density at radius 2 is 2.33 bits per heavy atom. The van der Waals surface area contributed by atoms with Gasteiger partial charge in [0.25, 0.3) is 0 Å². The fourth-order valence-electron chi connectivity index (χ4n) is 0.920. The van der Waals surface area contributed by atoms with Crippen LogP contribution in [-0.4, -0.2) is 29.0 Å². The van der Waals surface area contributed by atoms with Gasteiger partial charge in [-0.05, 0) is 12.8 Å². The molecule has 0 aromatic rings. The van der Waals surface area contributed by atoms with Crippen molar-refractivity contribution in [3.63, 3.8) is 0 Å². The lowest BCUT2D eigenvalue weighted by Crippen LogP contribution is -2.35. The maximum atomic E-state index is 11.1. The summed E-state index contributed by atoms with van der Waals surface area (Å²) in [5.74, 6) is 0.0483. The highest BCUT2D eigenvalue weighted by Gasteiger charge is 2.08. The molecule has 12 heavy (non-hydrogen) atoms. The lowest BCUT2D eigenvalue weighted by Gasteiger charge is -2.14. The molecule has 2 N–H and O–H groups in total. The summed E-state index contributed by atoms with van der Waals surface area (Å²) in [5, 5.41) is 12.2. The molecule has 3 nitrogen and oxygen atoms in total. The minimum Gasteiger partial charge on any atom is -0.396 e. The molecule has 0 fully saturated rings. The second-order valence-corrected chi connectivity index (χ2v) is 3.42. The first kappa shape index (κ1) is 11.9. The number of carbonyl (C=O) groups excluding carboxylic acids is 1. The van der Waals surface area contributed by atoms with Gasteiger partial charge in [-0.2, -0.15) is 0 Å². The Hall–Kier alpha value is -0.0900. The summed E-state index contributed by atoms with van der Waals surface area (Å²) < 4.78 is 0. The van der Waals surface area contributed by atoms with Gasteiger partial charge < -0.3 is 10.4 Å². The Morgan fingerprint density at radius 1 is 1.67 bits per heavy atom. The molecule has 72 valence electrons. The number of aliphatic hydroxyl groups is 1. The average Bonchev–Trinajstić information content (AvgIpc) is 2.04. The molecule has 1 atom stereocenters. The Kier molecular flexibility index (Phi) is 7.50. The summed E-state index contributed by atoms with van der Waals surface area (Å²) in [6, 6.07) is 0.126. The lowest BCUT2D eigenvalue weighted by atomic mass is 10.1. The van der Waals surface area contributed by atoms with Crippen molar-refractivity contribution in [2.24, 2.45) is 0 Å². The van der Waals surface area contributed by atoms with E-state index in [0.29, 0.717) is 18.2 Å². The molecule has 1 amide bonds. The van der Waals surface area contributed by atoms with Gasteiger partial charge in [0, 0.05) is 24.4 Å². The van der Waals surface area contributed by atoms with Crippen molar-refractivity contribution in [3.8, 4) is 0 Å². The summed E-state index contributed by atoms with van der Waals surface area (Å²) in [7, 11) is 0. The summed E-state index contributed by atoms with van der Waals surface area (Å²) in [5.41, 5.74) is 0. The van der Waals surface area contributed by atoms with Crippen molar-refractivity contribution in [1.82, 2.24) is 5.32 Å². The topological polar surface area (TPSA) is 49.3 Å². The van der Waals surface area contributed by atoms with Gasteiger partial charge in [-0.1, -0.05) is 22.9 Å². The fourth-order valence-corrected chi connectivity index (χ4v) is 1.28. The second kappa shape index (κ2) is 7.55. The molecule has 0 radical (unpaired) electrons. The van der Waals surface area contributed by atoms with Crippen LogP contribution >= 0.6 is 15.9 Å². The minimum absolute atomic E-state index is 0.0483. The van der Waals surface area contributed by atoms with Gasteiger partial charge in [0.1, 0.15) is 0 Å². The third-order valence-electron chi connectivity index (χ3n) is 1.66. The molecule has 4 heteroatoms. The Bertz CT molecular complexity index is 130. The zero-order valence-corrected chi connectivity index (χ0v) is 8.93. The van der Waals surface area contributed by atoms with Crippen LogP contribution in [0.1, 0.15) is 26.2 Å². The maximum absolute atomic E-state index is 11.1. The van der Waals surface area contributed by atoms with Crippen molar-refractivity contribution in [2.45, 2.75) is 32.2 Å². The molecule has 1 unspecified atom stereocenters. The number of nitrogens with one attached hydrogen (secondary N) is 1. The van der Waals surface area contributed by atoms with E-state index in [1.54, 1.807) is 0 Å². The van der Waals surface area contributed by atoms with E-state index in [9.17, 15) is 4.79 Å². The monoisotopic (exact) mass is 237 g/mol. The van der Waals surface area contributed by atoms with Crippen LogP contribution in [-0.2, 0) is 4.79 Å². The highest BCUT2D eigenvalue weighted by atomic mass is 79.9. The predicted octanol–water partition coefficient (Wildman–Crippen LogP) is 1.05. The van der Waals surface area contributed by atoms with Crippen LogP contribution in [0.15, 0.2) is 0 Å². The molecule has 0 bridgehead atoms. The minimum atomic E-state index is 0.0483. The summed E-state index contributed by atoms with van der Waals surface area (Å²) in [6.45, 7) is 2.13. The van der Waals surface area contributed by atoms with Gasteiger partial charge in [0.2, 0.25) is 5.91 Å². The number of hydrogen-bond acceptors (Lipinski definition) is 2. The van der Waals surface area contributed by atoms with Crippen molar-refractivity contribution >= 4 is 21.8 Å². The third-order valence-corrected chi connectivity index (χ3v) is 2.05. The van der Waals surface area contributed by atoms with Crippen LogP contribution in [0, 0.1) is 0 Å². The largest absolute Gasteiger partial charge is 0.396 e. The van der Waals surface area contributed by atoms with E-state index in [1.165, 1.54) is 0 Å². The standard InChI is InChI=1S/C8H16BrNO2/c1-2-7(4-6-11)10-8(12)3-5-9/h7,11H,2-6H2,1H3,(H,10,12). The normalized spacial score (nSPS) is 12.6. The number of hydrogen-bond donors (Lipinski definition) is 2. The average molecular weight is 238 g/mol. The van der Waals surface area contributed by atoms with Crippen molar-refractivity contribution < 1.29 is 9.90 Å². The summed E-state index contributed by atoms with van der Waals surface area (Å²) in [6.07, 6.45) is 2.01. The molecule has 0 aromatic heterocycles. The third kappa shape index (κ3) is 5.55. The van der Waals surface area contributed by atoms with E-state index in [2.05, 4.69) is 21.2 Å². The zero-order chi connectivity index (χ0) is 9.40. The lowest BCUT2D eigenvalue weighted by molar-refractivity contribution is -0.121. The number of rotatable bonds is 6. The SMILES string of the molecule is CCC(CCO)NC(=O)CCBr. The second-order valence-electron chi connectivity index (χ2n) is 2.62. The van der Waals surface area contributed by atoms with Crippen LogP contribution in [0.2, 0.25) is 0 Å². The van der Waals surface area contributed by atoms with Crippen molar-refractivity contribution in [3.05, 3.63) is 0 Å². The first-order valence-corrected chi connectivity index (χ1v) is 5.32. The number of halogens is 1. The molecular weight excluding hydrogens is 222 g/mol. The Morgan fingerprint density at radius 3 is 2.75 bits per heavy atom. The smallest absolute Gasteiger partial charge is 0.221 e. The van der Waals surface area contributed by atoms with E-state index in [4.69, 9.17) is 5.11 Å². The van der Waals surface area contributed by atoms with Crippen molar-refractivity contribution in [2.75, 3.05) is 11.9 Å². The molecule has 0 aliphatic carbocycles. The van der Waals surface area contributed by atoms with E-state index in [1.807, 2.05) is 6.92 Å². The Labute approximate surface area is 81.7 Å². The van der Waals surface area contributed by atoms with Crippen LogP contribution in [0.25, 0.3) is 0 Å². The van der Waals surface area contributed by atoms with Crippen LogP contribution in [0.3, 0.4) is 0 Å². The number of amides is 1. The molecule has 0 saturated carbocycles. The van der Waals surface area contributed by atoms with Gasteiger partial charge in [-0.15, -0.1) is 0 Å². The highest BCUT2D eigenvalue weighted by Crippen LogP contribution is 1.97. The first-order chi connectivity index (χ1) is 5.74. The highest BCUT2D eigenvalue weighted by molar-refractivity contribution is 9.09. The quantitative estimate of drug-likeness (QED) is 0.679. The van der Waals surface area contributed by atoms with Crippen LogP contribution in [0.5, 0.6) is 0 Å². The van der Waals surface area contributed by atoms with Crippen molar-refractivity contribution in [1.29, 1.82) is 0 Å². The van der Waals surface area contributed by atoms with E-state index >= 15 is 0 Å². The van der Waals surface area contributed by atoms with Gasteiger partial charge >= 0.3 is 0 Å². The number of carbonyl (C=O) groups is 1. The molecule has 0 aliphatic rings. The molecule has 0 rings (SSSR count). The molecule has 0 heterocycles. The van der Waals surface area contributed by atoms with E-state index in [0.717, 1.165) is 6.42 Å². The van der Waals surface area contributed by atoms with Gasteiger partial charge in [-0.25, -0.2) is 0 Å². The van der Waals surface area contributed by atoms with Crippen LogP contribution in [0.4, 0.5) is 0 Å². The molecule has 0 saturated heterocycles. The maximum Gasteiger partial charge on any atom is 0.221 e.